The number of rotatable bonds is 4. The van der Waals surface area contributed by atoms with Gasteiger partial charge in [-0.2, -0.15) is 0 Å². The van der Waals surface area contributed by atoms with Gasteiger partial charge in [-0.25, -0.2) is 0 Å². The lowest BCUT2D eigenvalue weighted by atomic mass is 9.96. The first-order valence-corrected chi connectivity index (χ1v) is 8.66. The van der Waals surface area contributed by atoms with E-state index < -0.39 is 6.36 Å². The maximum absolute atomic E-state index is 12.3. The number of hydrogen-bond acceptors (Lipinski definition) is 2. The average Bonchev–Trinajstić information content (AvgIpc) is 2.59. The van der Waals surface area contributed by atoms with E-state index in [1.165, 1.54) is 24.3 Å². The zero-order valence-electron chi connectivity index (χ0n) is 13.9. The summed E-state index contributed by atoms with van der Waals surface area (Å²) in [4.78, 5) is 0. The minimum absolute atomic E-state index is 0.288. The molecule has 0 unspecified atom stereocenters. The van der Waals surface area contributed by atoms with E-state index in [0.717, 1.165) is 11.1 Å². The van der Waals surface area contributed by atoms with Crippen LogP contribution in [-0.2, 0) is 6.42 Å². The van der Waals surface area contributed by atoms with Gasteiger partial charge in [0.05, 0.1) is 0 Å². The third kappa shape index (κ3) is 4.67. The highest BCUT2D eigenvalue weighted by Crippen LogP contribution is 2.34. The van der Waals surface area contributed by atoms with Crippen molar-refractivity contribution >= 4 is 28.9 Å². The maximum Gasteiger partial charge on any atom is 0.573 e. The lowest BCUT2D eigenvalue weighted by Crippen LogP contribution is -2.16. The van der Waals surface area contributed by atoms with Gasteiger partial charge < -0.3 is 10.5 Å². The summed E-state index contributed by atoms with van der Waals surface area (Å²) in [6, 6.07) is 16.3. The van der Waals surface area contributed by atoms with Crippen molar-refractivity contribution in [2.45, 2.75) is 12.8 Å². The molecule has 0 aliphatic carbocycles. The third-order valence-corrected chi connectivity index (χ3v) is 4.73. The Bertz CT molecular complexity index is 936. The first kappa shape index (κ1) is 19.4. The van der Waals surface area contributed by atoms with Crippen LogP contribution in [0.25, 0.3) is 11.1 Å². The number of benzene rings is 3. The van der Waals surface area contributed by atoms with E-state index in [1.807, 2.05) is 12.1 Å². The van der Waals surface area contributed by atoms with Crippen LogP contribution in [0.1, 0.15) is 11.1 Å². The van der Waals surface area contributed by atoms with Crippen LogP contribution in [0.5, 0.6) is 5.75 Å². The molecule has 0 aliphatic rings. The highest BCUT2D eigenvalue weighted by atomic mass is 35.5. The number of para-hydroxylation sites is 1. The monoisotopic (exact) mass is 411 g/mol. The fraction of sp³-hybridized carbons (Fsp3) is 0.100. The predicted octanol–water partition coefficient (Wildman–Crippen LogP) is 6.73. The molecule has 0 atom stereocenters. The molecular weight excluding hydrogens is 398 g/mol. The molecule has 3 rings (SSSR count). The van der Waals surface area contributed by atoms with Gasteiger partial charge in [-0.3, -0.25) is 0 Å². The van der Waals surface area contributed by atoms with E-state index in [2.05, 4.69) is 4.74 Å². The maximum atomic E-state index is 12.3. The fourth-order valence-electron chi connectivity index (χ4n) is 2.75. The van der Waals surface area contributed by atoms with Crippen LogP contribution in [-0.4, -0.2) is 6.36 Å². The average molecular weight is 412 g/mol. The Labute approximate surface area is 164 Å². The van der Waals surface area contributed by atoms with Gasteiger partial charge >= 0.3 is 6.36 Å². The van der Waals surface area contributed by atoms with Gasteiger partial charge in [0.1, 0.15) is 5.75 Å². The topological polar surface area (TPSA) is 35.2 Å². The first-order valence-electron chi connectivity index (χ1n) is 7.91. The zero-order chi connectivity index (χ0) is 19.6. The summed E-state index contributed by atoms with van der Waals surface area (Å²) < 4.78 is 40.8. The largest absolute Gasteiger partial charge is 0.573 e. The molecule has 3 aromatic rings. The smallest absolute Gasteiger partial charge is 0.406 e. The van der Waals surface area contributed by atoms with E-state index in [0.29, 0.717) is 33.3 Å². The summed E-state index contributed by atoms with van der Waals surface area (Å²) in [7, 11) is 0. The van der Waals surface area contributed by atoms with Crippen LogP contribution in [0, 0.1) is 0 Å². The second-order valence-electron chi connectivity index (χ2n) is 5.83. The van der Waals surface area contributed by atoms with Crippen LogP contribution < -0.4 is 10.5 Å². The highest BCUT2D eigenvalue weighted by molar-refractivity contribution is 6.36. The quantitative estimate of drug-likeness (QED) is 0.482. The van der Waals surface area contributed by atoms with Gasteiger partial charge in [0, 0.05) is 27.7 Å². The molecule has 0 saturated heterocycles. The summed E-state index contributed by atoms with van der Waals surface area (Å²) in [5.74, 6) is -0.288. The van der Waals surface area contributed by atoms with E-state index in [9.17, 15) is 13.2 Å². The van der Waals surface area contributed by atoms with Crippen molar-refractivity contribution in [1.82, 2.24) is 0 Å². The molecule has 0 aliphatic heterocycles. The molecule has 0 bridgehead atoms. The molecule has 0 radical (unpaired) electrons. The molecule has 7 heteroatoms. The second-order valence-corrected chi connectivity index (χ2v) is 6.64. The second kappa shape index (κ2) is 7.71. The number of halogens is 5. The minimum Gasteiger partial charge on any atom is -0.406 e. The van der Waals surface area contributed by atoms with Gasteiger partial charge in [0.25, 0.3) is 0 Å². The van der Waals surface area contributed by atoms with Crippen LogP contribution in [0.15, 0.2) is 60.7 Å². The van der Waals surface area contributed by atoms with Crippen LogP contribution in [0.2, 0.25) is 10.0 Å². The number of alkyl halides is 3. The number of ether oxygens (including phenoxy) is 1. The Hall–Kier alpha value is -2.37. The van der Waals surface area contributed by atoms with E-state index in [1.54, 1.807) is 24.3 Å². The minimum atomic E-state index is -4.73. The lowest BCUT2D eigenvalue weighted by Gasteiger charge is -2.14. The predicted molar refractivity (Wildman–Crippen MR) is 102 cm³/mol. The fourth-order valence-corrected chi connectivity index (χ4v) is 3.28. The summed E-state index contributed by atoms with van der Waals surface area (Å²) in [6.07, 6.45) is -4.29. The molecule has 0 saturated carbocycles. The van der Waals surface area contributed by atoms with Crippen molar-refractivity contribution < 1.29 is 17.9 Å². The number of hydrogen-bond donors (Lipinski definition) is 1. The molecular formula is C20H14Cl2F3NO. The lowest BCUT2D eigenvalue weighted by molar-refractivity contribution is -0.274. The van der Waals surface area contributed by atoms with Gasteiger partial charge in [-0.1, -0.05) is 59.6 Å². The third-order valence-electron chi connectivity index (χ3n) is 4.02. The number of nitrogen functional groups attached to an aromatic ring is 1. The molecule has 0 spiro atoms. The van der Waals surface area contributed by atoms with Crippen LogP contribution in [0.4, 0.5) is 18.9 Å². The Kier molecular flexibility index (Phi) is 5.53. The van der Waals surface area contributed by atoms with Gasteiger partial charge in [0.2, 0.25) is 0 Å². The molecule has 27 heavy (non-hydrogen) atoms. The van der Waals surface area contributed by atoms with Crippen LogP contribution in [0.3, 0.4) is 0 Å². The molecule has 3 aromatic carbocycles. The summed E-state index contributed by atoms with van der Waals surface area (Å²) >= 11 is 12.5. The van der Waals surface area contributed by atoms with E-state index >= 15 is 0 Å². The van der Waals surface area contributed by atoms with E-state index in [4.69, 9.17) is 28.9 Å². The highest BCUT2D eigenvalue weighted by Gasteiger charge is 2.31. The van der Waals surface area contributed by atoms with Crippen molar-refractivity contribution in [2.24, 2.45) is 0 Å². The van der Waals surface area contributed by atoms with E-state index in [-0.39, 0.29) is 5.75 Å². The standard InChI is InChI=1S/C20H14Cl2F3NO/c21-17-5-2-6-18(22)16(17)11-13-3-1-4-15(19(13)26)12-7-9-14(10-8-12)27-20(23,24)25/h1-10H,11,26H2. The Morgan fingerprint density at radius 3 is 2.04 bits per heavy atom. The molecule has 2 N–H and O–H groups in total. The molecule has 0 heterocycles. The molecule has 0 fully saturated rings. The summed E-state index contributed by atoms with van der Waals surface area (Å²) in [5.41, 5.74) is 9.78. The number of anilines is 1. The molecule has 0 amide bonds. The van der Waals surface area contributed by atoms with Gasteiger partial charge in [-0.15, -0.1) is 13.2 Å². The Balaban J connectivity index is 1.91. The van der Waals surface area contributed by atoms with Crippen molar-refractivity contribution in [3.63, 3.8) is 0 Å². The Morgan fingerprint density at radius 1 is 0.852 bits per heavy atom. The van der Waals surface area contributed by atoms with Crippen molar-refractivity contribution in [1.29, 1.82) is 0 Å². The van der Waals surface area contributed by atoms with Gasteiger partial charge in [0.15, 0.2) is 0 Å². The zero-order valence-corrected chi connectivity index (χ0v) is 15.4. The van der Waals surface area contributed by atoms with Crippen molar-refractivity contribution in [3.8, 4) is 16.9 Å². The normalized spacial score (nSPS) is 11.4. The molecule has 2 nitrogen and oxygen atoms in total. The number of nitrogens with two attached hydrogens (primary N) is 1. The van der Waals surface area contributed by atoms with Crippen LogP contribution >= 0.6 is 23.2 Å². The summed E-state index contributed by atoms with van der Waals surface area (Å²) in [6.45, 7) is 0. The summed E-state index contributed by atoms with van der Waals surface area (Å²) in [5, 5.41) is 1.09. The Morgan fingerprint density at radius 2 is 1.44 bits per heavy atom. The van der Waals surface area contributed by atoms with Crippen molar-refractivity contribution in [2.75, 3.05) is 5.73 Å². The molecule has 140 valence electrons. The molecule has 0 aromatic heterocycles. The van der Waals surface area contributed by atoms with Crippen molar-refractivity contribution in [3.05, 3.63) is 81.8 Å². The van der Waals surface area contributed by atoms with Gasteiger partial charge in [-0.05, 0) is 41.0 Å². The first-order chi connectivity index (χ1) is 12.7. The SMILES string of the molecule is Nc1c(Cc2c(Cl)cccc2Cl)cccc1-c1ccc(OC(F)(F)F)cc1.